The number of allylic oxidation sites excluding steroid dienone is 2. The van der Waals surface area contributed by atoms with Crippen molar-refractivity contribution in [2.45, 2.75) is 25.3 Å². The van der Waals surface area contributed by atoms with Gasteiger partial charge >= 0.3 is 0 Å². The number of aromatic nitrogens is 3. The predicted molar refractivity (Wildman–Crippen MR) is 133 cm³/mol. The van der Waals surface area contributed by atoms with Crippen LogP contribution in [0, 0.1) is 0 Å². The number of nitrogen functional groups attached to an aromatic ring is 1. The van der Waals surface area contributed by atoms with Crippen molar-refractivity contribution in [2.24, 2.45) is 5.16 Å². The number of aliphatic carboxylic acids is 1. The van der Waals surface area contributed by atoms with E-state index in [1.54, 1.807) is 13.0 Å². The van der Waals surface area contributed by atoms with Crippen LogP contribution in [0.4, 0.5) is 5.13 Å². The van der Waals surface area contributed by atoms with E-state index in [1.165, 1.54) is 23.7 Å². The minimum Gasteiger partial charge on any atom is -0.543 e. The number of carboxylic acid groups (broad SMARTS) is 1. The number of carboxylic acids is 1. The van der Waals surface area contributed by atoms with Crippen LogP contribution in [0.15, 0.2) is 58.0 Å². The van der Waals surface area contributed by atoms with E-state index >= 15 is 0 Å². The van der Waals surface area contributed by atoms with Gasteiger partial charge < -0.3 is 25.8 Å². The lowest BCUT2D eigenvalue weighted by molar-refractivity contribution is -0.493. The molecule has 2 aromatic rings. The molecule has 188 valence electrons. The number of carbonyl (C=O) groups is 3. The van der Waals surface area contributed by atoms with Gasteiger partial charge in [0.1, 0.15) is 18.0 Å². The number of nitrogens with two attached hydrogens (primary N) is 1. The van der Waals surface area contributed by atoms with Crippen molar-refractivity contribution in [3.8, 4) is 0 Å². The van der Waals surface area contributed by atoms with Crippen LogP contribution in [0.3, 0.4) is 0 Å². The molecular weight excluding hydrogens is 526 g/mol. The third kappa shape index (κ3) is 5.37. The van der Waals surface area contributed by atoms with Gasteiger partial charge in [-0.25, -0.2) is 0 Å². The summed E-state index contributed by atoms with van der Waals surface area (Å²) in [4.78, 5) is 48.8. The quantitative estimate of drug-likeness (QED) is 0.183. The fourth-order valence-electron chi connectivity index (χ4n) is 3.48. The number of oxime groups is 1. The molecule has 2 aliphatic heterocycles. The Labute approximate surface area is 218 Å². The number of amides is 2. The van der Waals surface area contributed by atoms with Crippen LogP contribution < -0.4 is 20.1 Å². The first-order valence-electron chi connectivity index (χ1n) is 10.6. The topological polar surface area (TPSA) is 167 Å². The first kappa shape index (κ1) is 25.7. The number of rotatable bonds is 9. The second-order valence-corrected chi connectivity index (χ2v) is 10.6. The Morgan fingerprint density at radius 1 is 1.42 bits per heavy atom. The van der Waals surface area contributed by atoms with E-state index < -0.39 is 29.2 Å². The van der Waals surface area contributed by atoms with Crippen LogP contribution >= 0.6 is 35.2 Å². The maximum absolute atomic E-state index is 13.0. The van der Waals surface area contributed by atoms with Gasteiger partial charge in [0.15, 0.2) is 29.5 Å². The van der Waals surface area contributed by atoms with Crippen molar-refractivity contribution < 1.29 is 28.3 Å². The first-order valence-corrected chi connectivity index (χ1v) is 13.2. The average Bonchev–Trinajstić information content (AvgIpc) is 3.28. The summed E-state index contributed by atoms with van der Waals surface area (Å²) in [5.41, 5.74) is 5.62. The molecule has 3 N–H and O–H groups in total. The zero-order chi connectivity index (χ0) is 25.8. The highest BCUT2D eigenvalue weighted by Crippen LogP contribution is 2.41. The molecule has 1 unspecified atom stereocenters. The third-order valence-corrected chi connectivity index (χ3v) is 7.65. The number of nitrogens with zero attached hydrogens (tertiary/aromatic N) is 5. The molecule has 2 amide bonds. The van der Waals surface area contributed by atoms with Crippen molar-refractivity contribution in [3.05, 3.63) is 58.7 Å². The summed E-state index contributed by atoms with van der Waals surface area (Å²) in [6.07, 6.45) is 5.46. The van der Waals surface area contributed by atoms with E-state index in [-0.39, 0.29) is 29.0 Å². The molecule has 2 aliphatic rings. The highest BCUT2D eigenvalue weighted by Gasteiger charge is 2.53. The normalized spacial score (nSPS) is 20.1. The lowest BCUT2D eigenvalue weighted by Crippen LogP contribution is -2.71. The van der Waals surface area contributed by atoms with Crippen LogP contribution in [-0.4, -0.2) is 61.5 Å². The van der Waals surface area contributed by atoms with E-state index in [4.69, 9.17) is 10.6 Å². The molecule has 12 nitrogen and oxygen atoms in total. The number of pyridine rings is 1. The molecule has 1 fully saturated rings. The molecule has 0 aromatic carbocycles. The summed E-state index contributed by atoms with van der Waals surface area (Å²) in [6.45, 7) is 3.73. The number of thioether (sulfide) groups is 1. The molecule has 2 atom stereocenters. The SMILES string of the molecule is CCON=C(C(=O)NC1C(=O)N2C(C(=O)[O-])=C(C=C(C)S[n+]3ccccc3)CS[C@@H]12)c1nsc(N)n1. The van der Waals surface area contributed by atoms with Gasteiger partial charge in [0, 0.05) is 29.4 Å². The molecule has 0 bridgehead atoms. The summed E-state index contributed by atoms with van der Waals surface area (Å²) < 4.78 is 5.85. The summed E-state index contributed by atoms with van der Waals surface area (Å²) in [7, 11) is 0. The molecule has 0 saturated carbocycles. The van der Waals surface area contributed by atoms with Crippen LogP contribution in [0.5, 0.6) is 0 Å². The maximum atomic E-state index is 13.0. The summed E-state index contributed by atoms with van der Waals surface area (Å²) in [5.74, 6) is -2.50. The van der Waals surface area contributed by atoms with E-state index in [1.807, 2.05) is 41.5 Å². The van der Waals surface area contributed by atoms with E-state index in [0.717, 1.165) is 21.3 Å². The van der Waals surface area contributed by atoms with E-state index in [2.05, 4.69) is 19.8 Å². The molecule has 0 aliphatic carbocycles. The highest BCUT2D eigenvalue weighted by atomic mass is 32.2. The molecule has 36 heavy (non-hydrogen) atoms. The number of fused-ring (bicyclic) bond motifs is 1. The standard InChI is InChI=1S/C21H21N7O5S3/c1-3-33-25-13(16-24-21(22)35-26-16)17(29)23-14-18(30)28-15(20(31)32)12(10-34-19(14)28)9-11(2)36-27-7-5-4-6-8-27/h4-9,14,19H,3,10H2,1-2H3,(H3-,22,23,24,26,29,31,32)/t14?,19-/m0/s1. The fraction of sp³-hybridized carbons (Fsp3) is 0.286. The largest absolute Gasteiger partial charge is 0.543 e. The van der Waals surface area contributed by atoms with E-state index in [0.29, 0.717) is 11.3 Å². The Morgan fingerprint density at radius 3 is 2.81 bits per heavy atom. The Hall–Kier alpha value is -3.43. The lowest BCUT2D eigenvalue weighted by atomic mass is 10.0. The molecule has 0 radical (unpaired) electrons. The number of β-lactam (4-membered cyclic amide) rings is 1. The van der Waals surface area contributed by atoms with E-state index in [9.17, 15) is 19.5 Å². The van der Waals surface area contributed by atoms with Crippen molar-refractivity contribution in [1.82, 2.24) is 19.6 Å². The zero-order valence-corrected chi connectivity index (χ0v) is 21.6. The Kier molecular flexibility index (Phi) is 7.91. The van der Waals surface area contributed by atoms with Gasteiger partial charge in [-0.3, -0.25) is 14.5 Å². The van der Waals surface area contributed by atoms with Gasteiger partial charge in [-0.05, 0) is 25.5 Å². The molecule has 4 heterocycles. The average molecular weight is 548 g/mol. The number of anilines is 1. The van der Waals surface area contributed by atoms with Crippen molar-refractivity contribution in [3.63, 3.8) is 0 Å². The van der Waals surface area contributed by atoms with Crippen LogP contribution in [0.2, 0.25) is 0 Å². The van der Waals surface area contributed by atoms with Gasteiger partial charge in [0.05, 0.1) is 16.6 Å². The van der Waals surface area contributed by atoms with Gasteiger partial charge in [-0.15, -0.1) is 15.7 Å². The third-order valence-electron chi connectivity index (χ3n) is 4.95. The first-order chi connectivity index (χ1) is 17.3. The second-order valence-electron chi connectivity index (χ2n) is 7.42. The Bertz CT molecular complexity index is 1280. The monoisotopic (exact) mass is 547 g/mol. The zero-order valence-electron chi connectivity index (χ0n) is 19.1. The summed E-state index contributed by atoms with van der Waals surface area (Å²) in [5, 5.41) is 17.9. The molecule has 1 saturated heterocycles. The van der Waals surface area contributed by atoms with Crippen molar-refractivity contribution >= 4 is 63.9 Å². The minimum absolute atomic E-state index is 0.0321. The highest BCUT2D eigenvalue weighted by molar-refractivity contribution is 8.00. The van der Waals surface area contributed by atoms with Gasteiger partial charge in [0.25, 0.3) is 11.8 Å². The minimum atomic E-state index is -1.46. The van der Waals surface area contributed by atoms with Crippen LogP contribution in [0.1, 0.15) is 19.7 Å². The van der Waals surface area contributed by atoms with Crippen LogP contribution in [-0.2, 0) is 19.2 Å². The van der Waals surface area contributed by atoms with Gasteiger partial charge in [-0.2, -0.15) is 9.36 Å². The molecule has 4 rings (SSSR count). The number of hydrogen-bond donors (Lipinski definition) is 2. The van der Waals surface area contributed by atoms with Gasteiger partial charge in [-0.1, -0.05) is 11.2 Å². The molecule has 0 spiro atoms. The fourth-order valence-corrected chi connectivity index (χ4v) is 6.01. The smallest absolute Gasteiger partial charge is 0.278 e. The number of hydrogen-bond acceptors (Lipinski definition) is 12. The number of nitrogens with one attached hydrogen (secondary N) is 1. The Balaban J connectivity index is 1.52. The summed E-state index contributed by atoms with van der Waals surface area (Å²) >= 11 is 3.62. The van der Waals surface area contributed by atoms with Crippen molar-refractivity contribution in [2.75, 3.05) is 18.1 Å². The Morgan fingerprint density at radius 2 is 2.17 bits per heavy atom. The summed E-state index contributed by atoms with van der Waals surface area (Å²) in [6, 6.07) is 4.68. The maximum Gasteiger partial charge on any atom is 0.278 e. The van der Waals surface area contributed by atoms with Crippen LogP contribution in [0.25, 0.3) is 0 Å². The van der Waals surface area contributed by atoms with Crippen molar-refractivity contribution in [1.29, 1.82) is 0 Å². The number of carbonyl (C=O) groups excluding carboxylic acids is 3. The molecular formula is C21H21N7O5S3. The molecule has 2 aromatic heterocycles. The van der Waals surface area contributed by atoms with Gasteiger partial charge in [0.2, 0.25) is 11.5 Å². The lowest BCUT2D eigenvalue weighted by Gasteiger charge is -2.50. The second kappa shape index (κ2) is 11.1. The predicted octanol–water partition coefficient (Wildman–Crippen LogP) is -0.347. The molecule has 15 heteroatoms.